The van der Waals surface area contributed by atoms with Gasteiger partial charge in [-0.2, -0.15) is 16.1 Å². The van der Waals surface area contributed by atoms with Crippen LogP contribution in [0.5, 0.6) is 5.88 Å². The number of ether oxygens (including phenoxy) is 1. The summed E-state index contributed by atoms with van der Waals surface area (Å²) in [4.78, 5) is 16.6. The highest BCUT2D eigenvalue weighted by atomic mass is 32.2. The van der Waals surface area contributed by atoms with E-state index in [9.17, 15) is 9.90 Å². The van der Waals surface area contributed by atoms with Crippen LogP contribution in [0.2, 0.25) is 0 Å². The highest BCUT2D eigenvalue weighted by Crippen LogP contribution is 2.81. The number of fused-ring (bicyclic) bond motifs is 7. The van der Waals surface area contributed by atoms with Gasteiger partial charge in [0, 0.05) is 54.2 Å². The molecule has 322 valence electrons. The maximum absolute atomic E-state index is 12.8. The number of thioether (sulfide) groups is 1. The average molecular weight is 832 g/mol. The summed E-state index contributed by atoms with van der Waals surface area (Å²) >= 11 is 3.54. The summed E-state index contributed by atoms with van der Waals surface area (Å²) in [5.41, 5.74) is 4.83. The number of aryl methyl sites for hydroxylation is 1. The minimum Gasteiger partial charge on any atom is -0.481 e. The normalized spacial score (nSPS) is 43.6. The van der Waals surface area contributed by atoms with E-state index >= 15 is 0 Å². The molecule has 0 amide bonds. The standard InChI is InChI=1S/C50H77N3O3S2/c1-34(2)37-16-20-50(51-26-27-53-28-31-57-32-29-53)24-22-45(7)40(48(37,50)10)12-11-39-44(45,6)21-23-47(9)43(4,5)38(15-17-46(39,47)8)36-13-18-49(19-14-36,42(54)55)25-30-56-41-33-35(3)58-52-41/h13,15,33,37,39-40,51H,1,11-12,14,16-32H2,2-10H3,(H,54,55)/t37-,39-,40-,44+,45+,46+,47-,48+,49?,50-/m0/s1. The number of carboxylic acids is 1. The van der Waals surface area contributed by atoms with Gasteiger partial charge in [0.05, 0.1) is 12.0 Å². The Labute approximate surface area is 360 Å². The Bertz CT molecular complexity index is 1830. The lowest BCUT2D eigenvalue weighted by atomic mass is 9.28. The number of aliphatic carboxylic acids is 1. The molecular weight excluding hydrogens is 755 g/mol. The number of hydrogen-bond donors (Lipinski definition) is 2. The van der Waals surface area contributed by atoms with Gasteiger partial charge < -0.3 is 20.1 Å². The zero-order chi connectivity index (χ0) is 41.6. The van der Waals surface area contributed by atoms with Crippen LogP contribution >= 0.6 is 23.3 Å². The fraction of sp³-hybridized carbons (Fsp3) is 0.800. The molecule has 6 nitrogen and oxygen atoms in total. The second kappa shape index (κ2) is 15.0. The van der Waals surface area contributed by atoms with Crippen molar-refractivity contribution in [3.8, 4) is 5.88 Å². The molecular formula is C50H77N3O3S2. The molecule has 1 aliphatic heterocycles. The van der Waals surface area contributed by atoms with E-state index in [1.54, 1.807) is 0 Å². The summed E-state index contributed by atoms with van der Waals surface area (Å²) in [6, 6.07) is 1.94. The number of nitrogens with zero attached hydrogens (tertiary/aromatic N) is 2. The van der Waals surface area contributed by atoms with Crippen LogP contribution in [-0.2, 0) is 4.79 Å². The number of aromatic nitrogens is 1. The van der Waals surface area contributed by atoms with E-state index in [0.717, 1.165) is 24.3 Å². The lowest BCUT2D eigenvalue weighted by Crippen LogP contribution is -2.72. The Hall–Kier alpha value is -1.61. The van der Waals surface area contributed by atoms with Crippen LogP contribution in [0.25, 0.3) is 0 Å². The van der Waals surface area contributed by atoms with Crippen LogP contribution in [0, 0.1) is 62.6 Å². The van der Waals surface area contributed by atoms with Crippen LogP contribution in [0.1, 0.15) is 144 Å². The van der Waals surface area contributed by atoms with Crippen LogP contribution < -0.4 is 10.1 Å². The van der Waals surface area contributed by atoms with Gasteiger partial charge in [0.2, 0.25) is 5.88 Å². The van der Waals surface area contributed by atoms with Crippen LogP contribution in [0.3, 0.4) is 0 Å². The zero-order valence-corrected chi connectivity index (χ0v) is 39.4. The smallest absolute Gasteiger partial charge is 0.310 e. The van der Waals surface area contributed by atoms with Crippen molar-refractivity contribution in [1.82, 2.24) is 14.6 Å². The van der Waals surface area contributed by atoms with Crippen LogP contribution in [-0.4, -0.2) is 70.2 Å². The molecule has 1 aromatic heterocycles. The van der Waals surface area contributed by atoms with Gasteiger partial charge in [-0.05, 0) is 170 Å². The molecule has 2 N–H and O–H groups in total. The fourth-order valence-electron chi connectivity index (χ4n) is 16.2. The average Bonchev–Trinajstić information content (AvgIpc) is 3.74. The van der Waals surface area contributed by atoms with E-state index in [4.69, 9.17) is 11.3 Å². The van der Waals surface area contributed by atoms with Gasteiger partial charge in [-0.25, -0.2) is 0 Å². The first-order chi connectivity index (χ1) is 27.3. The molecule has 2 heterocycles. The van der Waals surface area contributed by atoms with Gasteiger partial charge >= 0.3 is 5.97 Å². The number of rotatable bonds is 11. The van der Waals surface area contributed by atoms with Gasteiger partial charge in [0.1, 0.15) is 0 Å². The van der Waals surface area contributed by atoms with Crippen molar-refractivity contribution in [2.75, 3.05) is 44.3 Å². The van der Waals surface area contributed by atoms with E-state index in [0.29, 0.717) is 49.5 Å². The van der Waals surface area contributed by atoms with E-state index in [1.807, 2.05) is 13.0 Å². The summed E-state index contributed by atoms with van der Waals surface area (Å²) in [6.07, 6.45) is 19.1. The van der Waals surface area contributed by atoms with Crippen molar-refractivity contribution in [2.24, 2.45) is 55.7 Å². The highest BCUT2D eigenvalue weighted by molar-refractivity contribution is 7.99. The molecule has 8 rings (SSSR count). The maximum Gasteiger partial charge on any atom is 0.310 e. The molecule has 1 unspecified atom stereocenters. The molecule has 0 spiro atoms. The van der Waals surface area contributed by atoms with Crippen molar-refractivity contribution in [3.63, 3.8) is 0 Å². The molecule has 1 saturated heterocycles. The molecule has 0 aromatic carbocycles. The van der Waals surface area contributed by atoms with Crippen molar-refractivity contribution in [1.29, 1.82) is 0 Å². The van der Waals surface area contributed by atoms with Crippen LogP contribution in [0.4, 0.5) is 0 Å². The molecule has 8 heteroatoms. The van der Waals surface area contributed by atoms with E-state index in [2.05, 4.69) is 93.9 Å². The van der Waals surface area contributed by atoms with Crippen LogP contribution in [0.15, 0.2) is 41.5 Å². The van der Waals surface area contributed by atoms with Gasteiger partial charge in [0.15, 0.2) is 0 Å². The Balaban J connectivity index is 1.04. The molecule has 7 aliphatic rings. The Kier molecular flexibility index (Phi) is 11.2. The lowest BCUT2D eigenvalue weighted by Gasteiger charge is -2.76. The topological polar surface area (TPSA) is 74.7 Å². The molecule has 1 aromatic rings. The third-order valence-corrected chi connectivity index (χ3v) is 22.0. The Morgan fingerprint density at radius 3 is 2.29 bits per heavy atom. The minimum absolute atomic E-state index is 0.0130. The summed E-state index contributed by atoms with van der Waals surface area (Å²) < 4.78 is 10.3. The van der Waals surface area contributed by atoms with Crippen molar-refractivity contribution in [3.05, 3.63) is 46.4 Å². The molecule has 0 bridgehead atoms. The van der Waals surface area contributed by atoms with Gasteiger partial charge in [0.25, 0.3) is 0 Å². The van der Waals surface area contributed by atoms with Gasteiger partial charge in [-0.1, -0.05) is 72.8 Å². The molecule has 4 saturated carbocycles. The Morgan fingerprint density at radius 2 is 1.64 bits per heavy atom. The Morgan fingerprint density at radius 1 is 0.931 bits per heavy atom. The molecule has 0 radical (unpaired) electrons. The van der Waals surface area contributed by atoms with Gasteiger partial charge in [-0.3, -0.25) is 4.79 Å². The SMILES string of the molecule is C=C(C)[C@@H]1CC[C@]2(NCCN3CCSCC3)CC[C@]3(C)[C@H](CC[C@@H]4[C@@]5(C)CC=C(C6=CCC(CCOc7cc(C)sn7)(C(=O)O)CC6)C(C)(C)[C@]5(C)CC[C@]43C)[C@@]12C. The van der Waals surface area contributed by atoms with Crippen molar-refractivity contribution < 1.29 is 14.6 Å². The number of allylic oxidation sites excluding steroid dienone is 5. The summed E-state index contributed by atoms with van der Waals surface area (Å²) in [6.45, 7) is 33.0. The molecule has 10 atom stereocenters. The number of hydrogen-bond acceptors (Lipinski definition) is 7. The second-order valence-electron chi connectivity index (χ2n) is 22.3. The lowest BCUT2D eigenvalue weighted by molar-refractivity contribution is -0.261. The third kappa shape index (κ3) is 6.18. The summed E-state index contributed by atoms with van der Waals surface area (Å²) in [5.74, 6) is 4.42. The number of nitrogens with one attached hydrogen (secondary N) is 1. The predicted octanol–water partition coefficient (Wildman–Crippen LogP) is 11.8. The maximum atomic E-state index is 12.8. The molecule has 6 aliphatic carbocycles. The van der Waals surface area contributed by atoms with Gasteiger partial charge in [-0.15, -0.1) is 0 Å². The first-order valence-electron chi connectivity index (χ1n) is 23.2. The first-order valence-corrected chi connectivity index (χ1v) is 25.2. The second-order valence-corrected chi connectivity index (χ2v) is 24.5. The summed E-state index contributed by atoms with van der Waals surface area (Å²) in [5, 5.41) is 14.9. The third-order valence-electron chi connectivity index (χ3n) is 20.4. The predicted molar refractivity (Wildman–Crippen MR) is 243 cm³/mol. The first kappa shape index (κ1) is 43.1. The quantitative estimate of drug-likeness (QED) is 0.215. The molecule has 5 fully saturated rings. The number of carbonyl (C=O) groups is 1. The van der Waals surface area contributed by atoms with Crippen molar-refractivity contribution >= 4 is 29.3 Å². The largest absolute Gasteiger partial charge is 0.481 e. The minimum atomic E-state index is -0.786. The van der Waals surface area contributed by atoms with E-state index < -0.39 is 11.4 Å². The van der Waals surface area contributed by atoms with E-state index in [-0.39, 0.29) is 38.0 Å². The number of carboxylic acid groups (broad SMARTS) is 1. The fourth-order valence-corrected chi connectivity index (χ4v) is 17.7. The monoisotopic (exact) mass is 832 g/mol. The summed E-state index contributed by atoms with van der Waals surface area (Å²) in [7, 11) is 0. The van der Waals surface area contributed by atoms with Crippen molar-refractivity contribution in [2.45, 2.75) is 151 Å². The molecule has 58 heavy (non-hydrogen) atoms. The van der Waals surface area contributed by atoms with E-state index in [1.165, 1.54) is 111 Å². The highest BCUT2D eigenvalue weighted by Gasteiger charge is 2.75. The zero-order valence-electron chi connectivity index (χ0n) is 37.8.